The van der Waals surface area contributed by atoms with Crippen molar-refractivity contribution in [1.29, 1.82) is 5.41 Å². The van der Waals surface area contributed by atoms with Crippen LogP contribution in [0.15, 0.2) is 48.9 Å². The summed E-state index contributed by atoms with van der Waals surface area (Å²) < 4.78 is 5.88. The maximum Gasteiger partial charge on any atom is 0.220 e. The van der Waals surface area contributed by atoms with Crippen LogP contribution in [0.4, 0.5) is 11.5 Å². The fourth-order valence-corrected chi connectivity index (χ4v) is 5.24. The number of carbonyl (C=O) groups is 1. The Morgan fingerprint density at radius 2 is 1.86 bits per heavy atom. The van der Waals surface area contributed by atoms with Crippen molar-refractivity contribution in [2.24, 2.45) is 0 Å². The summed E-state index contributed by atoms with van der Waals surface area (Å²) in [5.74, 6) is 1.56. The summed E-state index contributed by atoms with van der Waals surface area (Å²) in [6.45, 7) is 1.83. The number of halogens is 2. The molecule has 3 aromatic rings. The molecule has 2 aliphatic rings. The van der Waals surface area contributed by atoms with Crippen LogP contribution < -0.4 is 20.7 Å². The zero-order valence-electron chi connectivity index (χ0n) is 19.6. The second kappa shape index (κ2) is 9.95. The molecular weight excluding hydrogens is 499 g/mol. The van der Waals surface area contributed by atoms with Crippen molar-refractivity contribution in [2.45, 2.75) is 37.8 Å². The molecule has 1 aromatic carbocycles. The van der Waals surface area contributed by atoms with Gasteiger partial charge in [-0.3, -0.25) is 15.2 Å². The monoisotopic (exact) mass is 524 g/mol. The molecule has 8 nitrogen and oxygen atoms in total. The van der Waals surface area contributed by atoms with Gasteiger partial charge in [0.1, 0.15) is 18.2 Å². The number of anilines is 2. The van der Waals surface area contributed by atoms with Gasteiger partial charge in [0.05, 0.1) is 15.8 Å². The number of nitrogens with zero attached hydrogens (tertiary/aromatic N) is 3. The molecule has 0 radical (unpaired) electrons. The first-order valence-electron chi connectivity index (χ1n) is 11.8. The van der Waals surface area contributed by atoms with Gasteiger partial charge >= 0.3 is 0 Å². The molecular formula is C26H26Cl2N6O2. The normalized spacial score (nSPS) is 16.7. The lowest BCUT2D eigenvalue weighted by Gasteiger charge is -2.39. The van der Waals surface area contributed by atoms with Gasteiger partial charge in [-0.1, -0.05) is 23.2 Å². The number of carbonyl (C=O) groups excluding carboxylic acids is 1. The number of hydrogen-bond donors (Lipinski definition) is 3. The topological polar surface area (TPSA) is 117 Å². The van der Waals surface area contributed by atoms with Crippen LogP contribution in [0, 0.1) is 5.41 Å². The van der Waals surface area contributed by atoms with E-state index >= 15 is 0 Å². The third kappa shape index (κ3) is 4.96. The molecule has 1 spiro atoms. The predicted octanol–water partition coefficient (Wildman–Crippen LogP) is 4.61. The lowest BCUT2D eigenvalue weighted by Crippen LogP contribution is -2.51. The Balaban J connectivity index is 1.26. The fraction of sp³-hybridized carbons (Fsp3) is 0.308. The fourth-order valence-electron chi connectivity index (χ4n) is 4.76. The summed E-state index contributed by atoms with van der Waals surface area (Å²) in [7, 11) is 0. The predicted molar refractivity (Wildman–Crippen MR) is 141 cm³/mol. The van der Waals surface area contributed by atoms with E-state index in [-0.39, 0.29) is 23.8 Å². The average molecular weight is 525 g/mol. The first-order valence-corrected chi connectivity index (χ1v) is 12.5. The quantitative estimate of drug-likeness (QED) is 0.320. The molecule has 0 aliphatic carbocycles. The number of piperidine rings is 1. The molecule has 36 heavy (non-hydrogen) atoms. The van der Waals surface area contributed by atoms with Gasteiger partial charge in [0, 0.05) is 66.0 Å². The summed E-state index contributed by atoms with van der Waals surface area (Å²) in [5, 5.41) is 12.8. The lowest BCUT2D eigenvalue weighted by atomic mass is 9.86. The standard InChI is InChI=1S/C26H26Cl2N6O2/c27-20-13-31-14-21(28)19(20)15-36-17-2-3-22(29)18(11-17)25(30)16-1-4-23(32-12-16)34-9-7-26(8-10-34)6-5-24(35)33-26/h1-4,11-14,30H,5-10,15,29H2,(H,33,35). The van der Waals surface area contributed by atoms with Crippen molar-refractivity contribution >= 4 is 46.3 Å². The summed E-state index contributed by atoms with van der Waals surface area (Å²) >= 11 is 12.4. The molecule has 0 saturated carbocycles. The lowest BCUT2D eigenvalue weighted by molar-refractivity contribution is -0.119. The molecule has 2 aromatic heterocycles. The first-order chi connectivity index (χ1) is 17.3. The minimum Gasteiger partial charge on any atom is -0.489 e. The van der Waals surface area contributed by atoms with Crippen molar-refractivity contribution < 1.29 is 9.53 Å². The van der Waals surface area contributed by atoms with E-state index in [0.29, 0.717) is 44.6 Å². The third-order valence-electron chi connectivity index (χ3n) is 6.95. The molecule has 0 bridgehead atoms. The van der Waals surface area contributed by atoms with Gasteiger partial charge in [0.2, 0.25) is 5.91 Å². The Labute approximate surface area is 219 Å². The summed E-state index contributed by atoms with van der Waals surface area (Å²) in [4.78, 5) is 22.5. The Kier molecular flexibility index (Phi) is 6.73. The highest BCUT2D eigenvalue weighted by Crippen LogP contribution is 2.33. The minimum absolute atomic E-state index is 0.0473. The van der Waals surface area contributed by atoms with Crippen LogP contribution in [0.5, 0.6) is 5.75 Å². The van der Waals surface area contributed by atoms with Crippen LogP contribution >= 0.6 is 23.2 Å². The Morgan fingerprint density at radius 1 is 1.11 bits per heavy atom. The maximum atomic E-state index is 11.7. The van der Waals surface area contributed by atoms with Crippen molar-refractivity contribution in [3.8, 4) is 5.75 Å². The second-order valence-electron chi connectivity index (χ2n) is 9.22. The van der Waals surface area contributed by atoms with Crippen molar-refractivity contribution in [3.05, 3.63) is 75.7 Å². The van der Waals surface area contributed by atoms with E-state index in [2.05, 4.69) is 20.2 Å². The number of rotatable bonds is 6. The van der Waals surface area contributed by atoms with Crippen LogP contribution in [-0.2, 0) is 11.4 Å². The number of nitrogens with one attached hydrogen (secondary N) is 2. The molecule has 4 heterocycles. The number of benzene rings is 1. The van der Waals surface area contributed by atoms with Gasteiger partial charge < -0.3 is 20.7 Å². The molecule has 2 saturated heterocycles. The molecule has 2 aliphatic heterocycles. The number of hydrogen-bond acceptors (Lipinski definition) is 7. The van der Waals surface area contributed by atoms with Gasteiger partial charge in [0.15, 0.2) is 0 Å². The number of ether oxygens (including phenoxy) is 1. The zero-order valence-corrected chi connectivity index (χ0v) is 21.1. The molecule has 0 atom stereocenters. The van der Waals surface area contributed by atoms with E-state index in [0.717, 1.165) is 38.2 Å². The largest absolute Gasteiger partial charge is 0.489 e. The number of pyridine rings is 2. The van der Waals surface area contributed by atoms with Crippen LogP contribution in [0.25, 0.3) is 0 Å². The third-order valence-corrected chi connectivity index (χ3v) is 7.60. The minimum atomic E-state index is -0.0473. The van der Waals surface area contributed by atoms with Crippen molar-refractivity contribution in [2.75, 3.05) is 23.7 Å². The summed E-state index contributed by atoms with van der Waals surface area (Å²) in [6.07, 6.45) is 8.09. The van der Waals surface area contributed by atoms with Crippen LogP contribution in [-0.4, -0.2) is 40.2 Å². The van der Waals surface area contributed by atoms with E-state index in [1.807, 2.05) is 12.1 Å². The highest BCUT2D eigenvalue weighted by Gasteiger charge is 2.40. The van der Waals surface area contributed by atoms with E-state index in [9.17, 15) is 4.79 Å². The van der Waals surface area contributed by atoms with Crippen LogP contribution in [0.2, 0.25) is 10.0 Å². The van der Waals surface area contributed by atoms with Crippen molar-refractivity contribution in [1.82, 2.24) is 15.3 Å². The maximum absolute atomic E-state index is 11.7. The molecule has 5 rings (SSSR count). The summed E-state index contributed by atoms with van der Waals surface area (Å²) in [5.41, 5.74) is 8.70. The van der Waals surface area contributed by atoms with E-state index in [1.54, 1.807) is 24.4 Å². The molecule has 2 fully saturated rings. The Morgan fingerprint density at radius 3 is 2.50 bits per heavy atom. The van der Waals surface area contributed by atoms with Gasteiger partial charge in [-0.2, -0.15) is 0 Å². The molecule has 0 unspecified atom stereocenters. The van der Waals surface area contributed by atoms with E-state index < -0.39 is 0 Å². The number of amides is 1. The van der Waals surface area contributed by atoms with Crippen LogP contribution in [0.3, 0.4) is 0 Å². The molecule has 186 valence electrons. The van der Waals surface area contributed by atoms with Gasteiger partial charge in [0.25, 0.3) is 0 Å². The zero-order chi connectivity index (χ0) is 25.3. The first kappa shape index (κ1) is 24.3. The highest BCUT2D eigenvalue weighted by molar-refractivity contribution is 6.35. The highest BCUT2D eigenvalue weighted by atomic mass is 35.5. The second-order valence-corrected chi connectivity index (χ2v) is 10.0. The molecule has 4 N–H and O–H groups in total. The van der Waals surface area contributed by atoms with E-state index in [1.165, 1.54) is 12.4 Å². The Hall–Kier alpha value is -3.36. The smallest absolute Gasteiger partial charge is 0.220 e. The number of aromatic nitrogens is 2. The summed E-state index contributed by atoms with van der Waals surface area (Å²) in [6, 6.07) is 9.00. The van der Waals surface area contributed by atoms with Gasteiger partial charge in [-0.25, -0.2) is 4.98 Å². The number of nitrogen functional groups attached to an aromatic ring is 1. The van der Waals surface area contributed by atoms with Gasteiger partial charge in [-0.05, 0) is 49.6 Å². The van der Waals surface area contributed by atoms with E-state index in [4.69, 9.17) is 39.1 Å². The average Bonchev–Trinajstić information content (AvgIpc) is 3.24. The molecule has 10 heteroatoms. The van der Waals surface area contributed by atoms with Crippen LogP contribution in [0.1, 0.15) is 42.4 Å². The number of nitrogens with two attached hydrogens (primary N) is 1. The molecule has 1 amide bonds. The van der Waals surface area contributed by atoms with Gasteiger partial charge in [-0.15, -0.1) is 0 Å². The SMILES string of the molecule is N=C(c1ccc(N2CCC3(CCC(=O)N3)CC2)nc1)c1cc(OCc2c(Cl)cncc2Cl)ccc1N. The van der Waals surface area contributed by atoms with Crippen molar-refractivity contribution in [3.63, 3.8) is 0 Å². The Bertz CT molecular complexity index is 1290.